The average Bonchev–Trinajstić information content (AvgIpc) is 2.25. The largest absolute Gasteiger partial charge is 0.467 e. The minimum atomic E-state index is -4.47. The van der Waals surface area contributed by atoms with Crippen LogP contribution in [0.4, 0.5) is 13.2 Å². The Bertz CT molecular complexity index is 422. The molecule has 17 heavy (non-hydrogen) atoms. The first-order valence-electron chi connectivity index (χ1n) is 4.27. The summed E-state index contributed by atoms with van der Waals surface area (Å²) in [5, 5.41) is 0. The van der Waals surface area contributed by atoms with E-state index in [4.69, 9.17) is 0 Å². The Balaban J connectivity index is 2.91. The SMILES string of the molecule is COC(=O)c1ccnc(OCC(F)(F)F)c1Br. The van der Waals surface area contributed by atoms with E-state index in [1.165, 1.54) is 6.07 Å². The molecule has 8 heteroatoms. The van der Waals surface area contributed by atoms with E-state index in [-0.39, 0.29) is 15.9 Å². The summed E-state index contributed by atoms with van der Waals surface area (Å²) in [6.07, 6.45) is -3.31. The number of hydrogen-bond donors (Lipinski definition) is 0. The van der Waals surface area contributed by atoms with Crippen LogP contribution in [0.5, 0.6) is 5.88 Å². The van der Waals surface area contributed by atoms with Crippen LogP contribution in [-0.4, -0.2) is 30.8 Å². The summed E-state index contributed by atoms with van der Waals surface area (Å²) in [4.78, 5) is 14.8. The van der Waals surface area contributed by atoms with E-state index in [1.807, 2.05) is 0 Å². The molecule has 4 nitrogen and oxygen atoms in total. The minimum Gasteiger partial charge on any atom is -0.467 e. The third kappa shape index (κ3) is 3.88. The van der Waals surface area contributed by atoms with Crippen molar-refractivity contribution in [2.75, 3.05) is 13.7 Å². The maximum absolute atomic E-state index is 11.9. The molecule has 0 radical (unpaired) electrons. The van der Waals surface area contributed by atoms with Crippen molar-refractivity contribution in [3.8, 4) is 5.88 Å². The lowest BCUT2D eigenvalue weighted by molar-refractivity contribution is -0.154. The van der Waals surface area contributed by atoms with Gasteiger partial charge >= 0.3 is 12.1 Å². The van der Waals surface area contributed by atoms with E-state index >= 15 is 0 Å². The summed E-state index contributed by atoms with van der Waals surface area (Å²) in [6, 6.07) is 1.30. The van der Waals surface area contributed by atoms with Crippen molar-refractivity contribution in [1.82, 2.24) is 4.98 Å². The number of aromatic nitrogens is 1. The van der Waals surface area contributed by atoms with Gasteiger partial charge in [-0.1, -0.05) is 0 Å². The van der Waals surface area contributed by atoms with Crippen molar-refractivity contribution in [2.24, 2.45) is 0 Å². The minimum absolute atomic E-state index is 0.0242. The fourth-order valence-corrected chi connectivity index (χ4v) is 1.45. The molecule has 0 unspecified atom stereocenters. The normalized spacial score (nSPS) is 11.1. The third-order valence-corrected chi connectivity index (χ3v) is 2.40. The summed E-state index contributed by atoms with van der Waals surface area (Å²) in [7, 11) is 1.16. The molecule has 0 aromatic carbocycles. The lowest BCUT2D eigenvalue weighted by atomic mass is 10.3. The van der Waals surface area contributed by atoms with Gasteiger partial charge in [0.25, 0.3) is 0 Å². The van der Waals surface area contributed by atoms with Crippen LogP contribution in [-0.2, 0) is 4.74 Å². The van der Waals surface area contributed by atoms with Crippen molar-refractivity contribution < 1.29 is 27.4 Å². The molecule has 1 rings (SSSR count). The Morgan fingerprint density at radius 3 is 2.71 bits per heavy atom. The van der Waals surface area contributed by atoms with Crippen LogP contribution in [0.25, 0.3) is 0 Å². The molecule has 0 aliphatic heterocycles. The molecule has 1 aromatic heterocycles. The molecule has 0 spiro atoms. The maximum Gasteiger partial charge on any atom is 0.422 e. The summed E-state index contributed by atoms with van der Waals surface area (Å²) < 4.78 is 44.7. The second kappa shape index (κ2) is 5.35. The first-order valence-corrected chi connectivity index (χ1v) is 5.07. The fourth-order valence-electron chi connectivity index (χ4n) is 0.943. The van der Waals surface area contributed by atoms with Gasteiger partial charge < -0.3 is 9.47 Å². The van der Waals surface area contributed by atoms with Gasteiger partial charge in [-0.05, 0) is 22.0 Å². The van der Waals surface area contributed by atoms with Crippen molar-refractivity contribution >= 4 is 21.9 Å². The van der Waals surface area contributed by atoms with E-state index < -0.39 is 18.8 Å². The summed E-state index contributed by atoms with van der Waals surface area (Å²) in [5.41, 5.74) is 0.0414. The molecule has 1 heterocycles. The topological polar surface area (TPSA) is 48.4 Å². The van der Waals surface area contributed by atoms with E-state index in [1.54, 1.807) is 0 Å². The van der Waals surface area contributed by atoms with Gasteiger partial charge in [0, 0.05) is 6.20 Å². The van der Waals surface area contributed by atoms with Crippen molar-refractivity contribution in [2.45, 2.75) is 6.18 Å². The van der Waals surface area contributed by atoms with E-state index in [0.29, 0.717) is 0 Å². The van der Waals surface area contributed by atoms with Gasteiger partial charge in [-0.25, -0.2) is 9.78 Å². The Morgan fingerprint density at radius 2 is 2.18 bits per heavy atom. The summed E-state index contributed by atoms with van der Waals surface area (Å²) in [5.74, 6) is -1.01. The van der Waals surface area contributed by atoms with Gasteiger partial charge in [0.2, 0.25) is 5.88 Å². The second-order valence-electron chi connectivity index (χ2n) is 2.87. The van der Waals surface area contributed by atoms with Crippen molar-refractivity contribution in [1.29, 1.82) is 0 Å². The number of hydrogen-bond acceptors (Lipinski definition) is 4. The molecule has 0 N–H and O–H groups in total. The molecule has 0 amide bonds. The highest BCUT2D eigenvalue weighted by Gasteiger charge is 2.29. The van der Waals surface area contributed by atoms with Crippen LogP contribution in [0.3, 0.4) is 0 Å². The van der Waals surface area contributed by atoms with Crippen LogP contribution >= 0.6 is 15.9 Å². The van der Waals surface area contributed by atoms with E-state index in [9.17, 15) is 18.0 Å². The number of alkyl halides is 3. The maximum atomic E-state index is 11.9. The highest BCUT2D eigenvalue weighted by atomic mass is 79.9. The van der Waals surface area contributed by atoms with Crippen LogP contribution in [0.15, 0.2) is 16.7 Å². The first kappa shape index (κ1) is 13.8. The zero-order valence-corrected chi connectivity index (χ0v) is 10.1. The number of pyridine rings is 1. The number of nitrogens with zero attached hydrogens (tertiary/aromatic N) is 1. The van der Waals surface area contributed by atoms with Crippen LogP contribution in [0, 0.1) is 0 Å². The number of methoxy groups -OCH3 is 1. The zero-order valence-electron chi connectivity index (χ0n) is 8.55. The van der Waals surface area contributed by atoms with Crippen LogP contribution in [0.1, 0.15) is 10.4 Å². The van der Waals surface area contributed by atoms with Gasteiger partial charge in [-0.3, -0.25) is 0 Å². The zero-order chi connectivity index (χ0) is 13.1. The lowest BCUT2D eigenvalue weighted by Crippen LogP contribution is -2.20. The second-order valence-corrected chi connectivity index (χ2v) is 3.67. The first-order chi connectivity index (χ1) is 7.85. The van der Waals surface area contributed by atoms with Crippen LogP contribution in [0.2, 0.25) is 0 Å². The molecule has 0 aliphatic rings. The molecule has 0 saturated carbocycles. The number of carbonyl (C=O) groups is 1. The highest BCUT2D eigenvalue weighted by molar-refractivity contribution is 9.10. The third-order valence-electron chi connectivity index (χ3n) is 1.64. The molecule has 94 valence electrons. The molecule has 0 saturated heterocycles. The molecule has 0 atom stereocenters. The van der Waals surface area contributed by atoms with Crippen molar-refractivity contribution in [3.63, 3.8) is 0 Å². The molecule has 0 aliphatic carbocycles. The molecular formula is C9H7BrF3NO3. The standard InChI is InChI=1S/C9H7BrF3NO3/c1-16-8(15)5-2-3-14-7(6(5)10)17-4-9(11,12)13/h2-3H,4H2,1H3. The lowest BCUT2D eigenvalue weighted by Gasteiger charge is -2.10. The van der Waals surface area contributed by atoms with Gasteiger partial charge in [0.15, 0.2) is 6.61 Å². The van der Waals surface area contributed by atoms with Crippen molar-refractivity contribution in [3.05, 3.63) is 22.3 Å². The monoisotopic (exact) mass is 313 g/mol. The van der Waals surface area contributed by atoms with Gasteiger partial charge in [0.1, 0.15) is 0 Å². The van der Waals surface area contributed by atoms with E-state index in [0.717, 1.165) is 13.3 Å². The number of ether oxygens (including phenoxy) is 2. The Morgan fingerprint density at radius 1 is 1.53 bits per heavy atom. The molecular weight excluding hydrogens is 307 g/mol. The number of halogens is 4. The Hall–Kier alpha value is -1.31. The average molecular weight is 314 g/mol. The highest BCUT2D eigenvalue weighted by Crippen LogP contribution is 2.28. The molecule has 0 fully saturated rings. The van der Waals surface area contributed by atoms with Gasteiger partial charge in [-0.15, -0.1) is 0 Å². The Labute approximate surface area is 103 Å². The number of carbonyl (C=O) groups excluding carboxylic acids is 1. The van der Waals surface area contributed by atoms with E-state index in [2.05, 4.69) is 30.4 Å². The van der Waals surface area contributed by atoms with Crippen LogP contribution < -0.4 is 4.74 Å². The predicted molar refractivity (Wildman–Crippen MR) is 54.8 cm³/mol. The quantitative estimate of drug-likeness (QED) is 0.805. The Kier molecular flexibility index (Phi) is 4.33. The van der Waals surface area contributed by atoms with Gasteiger partial charge in [0.05, 0.1) is 17.1 Å². The number of esters is 1. The summed E-state index contributed by atoms with van der Waals surface area (Å²) in [6.45, 7) is -1.48. The number of rotatable bonds is 3. The molecule has 1 aromatic rings. The summed E-state index contributed by atoms with van der Waals surface area (Å²) >= 11 is 2.93. The molecule has 0 bridgehead atoms. The predicted octanol–water partition coefficient (Wildman–Crippen LogP) is 2.57. The fraction of sp³-hybridized carbons (Fsp3) is 0.333. The van der Waals surface area contributed by atoms with Gasteiger partial charge in [-0.2, -0.15) is 13.2 Å². The smallest absolute Gasteiger partial charge is 0.422 e.